The Morgan fingerprint density at radius 1 is 1.17 bits per heavy atom. The molecule has 1 aliphatic carbocycles. The Bertz CT molecular complexity index is 1170. The fraction of sp³-hybridized carbons (Fsp3) is 0.452. The molecular weight excluding hydrogens is 468 g/mol. The first-order valence-corrected chi connectivity index (χ1v) is 13.7. The number of aryl methyl sites for hydroxylation is 2. The number of nitrogens with two attached hydrogens (primary N) is 1. The molecule has 0 spiro atoms. The van der Waals surface area contributed by atoms with Crippen LogP contribution in [0.5, 0.6) is 5.75 Å². The minimum atomic E-state index is -0.0623. The van der Waals surface area contributed by atoms with E-state index < -0.39 is 0 Å². The summed E-state index contributed by atoms with van der Waals surface area (Å²) in [6.07, 6.45) is 10.7. The monoisotopic (exact) mass is 506 g/mol. The summed E-state index contributed by atoms with van der Waals surface area (Å²) in [5, 5.41) is 0.748. The lowest BCUT2D eigenvalue weighted by Crippen LogP contribution is -2.39. The smallest absolute Gasteiger partial charge is 0.146 e. The van der Waals surface area contributed by atoms with Crippen LogP contribution in [-0.2, 0) is 17.6 Å². The number of hydrogen-bond acceptors (Lipinski definition) is 4. The average Bonchev–Trinajstić information content (AvgIpc) is 2.86. The van der Waals surface area contributed by atoms with Gasteiger partial charge < -0.3 is 10.5 Å². The van der Waals surface area contributed by atoms with E-state index in [-0.39, 0.29) is 11.8 Å². The molecule has 4 nitrogen and oxygen atoms in total. The van der Waals surface area contributed by atoms with Gasteiger partial charge in [0.2, 0.25) is 0 Å². The predicted molar refractivity (Wildman–Crippen MR) is 149 cm³/mol. The zero-order chi connectivity index (χ0) is 25.7. The summed E-state index contributed by atoms with van der Waals surface area (Å²) >= 11 is 6.79. The molecule has 1 atom stereocenters. The van der Waals surface area contributed by atoms with Gasteiger partial charge in [0.05, 0.1) is 19.2 Å². The Labute approximate surface area is 221 Å². The van der Waals surface area contributed by atoms with Gasteiger partial charge in [-0.3, -0.25) is 9.69 Å². The highest BCUT2D eigenvalue weighted by Crippen LogP contribution is 2.41. The maximum absolute atomic E-state index is 12.5. The SMILES string of the molecule is CCC(=O)CN1CCc2cc(CC)c(OCCCC3=CC(N)=CCC3)cc2C1c1ccc(C)cc1Cl. The zero-order valence-electron chi connectivity index (χ0n) is 21.9. The predicted octanol–water partition coefficient (Wildman–Crippen LogP) is 6.86. The van der Waals surface area contributed by atoms with Crippen molar-refractivity contribution in [3.8, 4) is 5.75 Å². The van der Waals surface area contributed by atoms with Gasteiger partial charge in [-0.1, -0.05) is 55.3 Å². The number of carbonyl (C=O) groups is 1. The Hall–Kier alpha value is -2.56. The lowest BCUT2D eigenvalue weighted by molar-refractivity contribution is -0.120. The molecule has 4 rings (SSSR count). The van der Waals surface area contributed by atoms with Crippen molar-refractivity contribution in [3.63, 3.8) is 0 Å². The highest BCUT2D eigenvalue weighted by atomic mass is 35.5. The Morgan fingerprint density at radius 2 is 2.00 bits per heavy atom. The van der Waals surface area contributed by atoms with Crippen LogP contribution in [0, 0.1) is 6.92 Å². The van der Waals surface area contributed by atoms with Crippen LogP contribution in [-0.4, -0.2) is 30.4 Å². The van der Waals surface area contributed by atoms with Crippen molar-refractivity contribution < 1.29 is 9.53 Å². The van der Waals surface area contributed by atoms with Gasteiger partial charge in [-0.15, -0.1) is 0 Å². The van der Waals surface area contributed by atoms with E-state index in [0.717, 1.165) is 72.7 Å². The van der Waals surface area contributed by atoms with Crippen molar-refractivity contribution in [2.45, 2.75) is 71.8 Å². The van der Waals surface area contributed by atoms with Crippen LogP contribution in [0.3, 0.4) is 0 Å². The Kier molecular flexibility index (Phi) is 8.92. The number of fused-ring (bicyclic) bond motifs is 1. The van der Waals surface area contributed by atoms with E-state index in [2.05, 4.69) is 55.2 Å². The number of nitrogens with zero attached hydrogens (tertiary/aromatic N) is 1. The summed E-state index contributed by atoms with van der Waals surface area (Å²) in [5.41, 5.74) is 14.2. The van der Waals surface area contributed by atoms with E-state index in [1.165, 1.54) is 22.3 Å². The molecule has 0 amide bonds. The summed E-state index contributed by atoms with van der Waals surface area (Å²) in [6, 6.07) is 10.7. The third-order valence-electron chi connectivity index (χ3n) is 7.37. The molecule has 0 bridgehead atoms. The molecule has 0 saturated carbocycles. The van der Waals surface area contributed by atoms with Gasteiger partial charge in [-0.25, -0.2) is 0 Å². The second-order valence-corrected chi connectivity index (χ2v) is 10.5. The first kappa shape index (κ1) is 26.5. The molecule has 1 aliphatic heterocycles. The molecule has 2 aromatic rings. The van der Waals surface area contributed by atoms with Crippen LogP contribution in [0.25, 0.3) is 0 Å². The summed E-state index contributed by atoms with van der Waals surface area (Å²) in [5.74, 6) is 1.20. The third-order valence-corrected chi connectivity index (χ3v) is 7.70. The van der Waals surface area contributed by atoms with Crippen molar-refractivity contribution in [3.05, 3.63) is 86.6 Å². The second-order valence-electron chi connectivity index (χ2n) is 10.0. The van der Waals surface area contributed by atoms with Crippen molar-refractivity contribution in [2.75, 3.05) is 19.7 Å². The largest absolute Gasteiger partial charge is 0.493 e. The maximum Gasteiger partial charge on any atom is 0.146 e. The molecule has 5 heteroatoms. The molecule has 0 radical (unpaired) electrons. The highest BCUT2D eigenvalue weighted by Gasteiger charge is 2.32. The van der Waals surface area contributed by atoms with Gasteiger partial charge in [0.15, 0.2) is 0 Å². The van der Waals surface area contributed by atoms with Gasteiger partial charge in [-0.2, -0.15) is 0 Å². The topological polar surface area (TPSA) is 55.6 Å². The van der Waals surface area contributed by atoms with Gasteiger partial charge in [0.1, 0.15) is 11.5 Å². The number of carbonyl (C=O) groups excluding carboxylic acids is 1. The second kappa shape index (κ2) is 12.1. The van der Waals surface area contributed by atoms with Crippen LogP contribution < -0.4 is 10.5 Å². The number of ketones is 1. The average molecular weight is 507 g/mol. The Balaban J connectivity index is 1.61. The normalized spacial score (nSPS) is 17.8. The van der Waals surface area contributed by atoms with Crippen LogP contribution in [0.1, 0.15) is 79.8 Å². The summed E-state index contributed by atoms with van der Waals surface area (Å²) in [7, 11) is 0. The Morgan fingerprint density at radius 3 is 2.72 bits per heavy atom. The number of rotatable bonds is 10. The first-order valence-electron chi connectivity index (χ1n) is 13.3. The molecule has 2 aromatic carbocycles. The van der Waals surface area contributed by atoms with E-state index in [9.17, 15) is 4.79 Å². The molecule has 36 heavy (non-hydrogen) atoms. The van der Waals surface area contributed by atoms with E-state index in [1.54, 1.807) is 0 Å². The molecule has 0 fully saturated rings. The molecule has 1 unspecified atom stereocenters. The summed E-state index contributed by atoms with van der Waals surface area (Å²) in [4.78, 5) is 14.8. The minimum Gasteiger partial charge on any atom is -0.493 e. The number of ether oxygens (including phenoxy) is 1. The first-order chi connectivity index (χ1) is 17.4. The quantitative estimate of drug-likeness (QED) is 0.357. The number of hydrogen-bond donors (Lipinski definition) is 1. The number of allylic oxidation sites excluding steroid dienone is 3. The van der Waals surface area contributed by atoms with Crippen molar-refractivity contribution in [1.29, 1.82) is 0 Å². The van der Waals surface area contributed by atoms with Crippen molar-refractivity contribution in [2.24, 2.45) is 5.73 Å². The lowest BCUT2D eigenvalue weighted by Gasteiger charge is -2.38. The van der Waals surface area contributed by atoms with Crippen molar-refractivity contribution in [1.82, 2.24) is 4.90 Å². The summed E-state index contributed by atoms with van der Waals surface area (Å²) in [6.45, 7) is 8.10. The molecule has 2 aliphatic rings. The molecule has 0 saturated heterocycles. The number of Topliss-reactive ketones (excluding diaryl/α,β-unsaturated/α-hetero) is 1. The molecule has 192 valence electrons. The van der Waals surface area contributed by atoms with Crippen LogP contribution in [0.4, 0.5) is 0 Å². The maximum atomic E-state index is 12.5. The van der Waals surface area contributed by atoms with E-state index in [0.29, 0.717) is 19.6 Å². The third kappa shape index (κ3) is 6.22. The van der Waals surface area contributed by atoms with E-state index >= 15 is 0 Å². The fourth-order valence-corrected chi connectivity index (χ4v) is 5.70. The van der Waals surface area contributed by atoms with Crippen LogP contribution >= 0.6 is 11.6 Å². The van der Waals surface area contributed by atoms with Gasteiger partial charge in [-0.05, 0) is 91.5 Å². The van der Waals surface area contributed by atoms with Gasteiger partial charge >= 0.3 is 0 Å². The molecule has 1 heterocycles. The van der Waals surface area contributed by atoms with E-state index in [4.69, 9.17) is 22.1 Å². The number of halogens is 1. The number of benzene rings is 2. The minimum absolute atomic E-state index is 0.0623. The zero-order valence-corrected chi connectivity index (χ0v) is 22.7. The highest BCUT2D eigenvalue weighted by molar-refractivity contribution is 6.31. The van der Waals surface area contributed by atoms with Crippen LogP contribution in [0.2, 0.25) is 5.02 Å². The van der Waals surface area contributed by atoms with E-state index in [1.807, 2.05) is 13.0 Å². The van der Waals surface area contributed by atoms with Crippen LogP contribution in [0.15, 0.2) is 53.8 Å². The standard InChI is InChI=1S/C31H39ClN2O2/c1-4-23-18-24-13-14-34(20-26(35)5-2)31(27-12-11-21(3)16-29(27)32)28(24)19-30(23)36-15-7-9-22-8-6-10-25(33)17-22/h10-12,16-19,31H,4-9,13-15,20,33H2,1-3H3. The fourth-order valence-electron chi connectivity index (χ4n) is 5.36. The molecular formula is C31H39ClN2O2. The van der Waals surface area contributed by atoms with Gasteiger partial charge in [0, 0.05) is 23.7 Å². The molecule has 0 aromatic heterocycles. The van der Waals surface area contributed by atoms with Gasteiger partial charge in [0.25, 0.3) is 0 Å². The summed E-state index contributed by atoms with van der Waals surface area (Å²) < 4.78 is 6.39. The molecule has 2 N–H and O–H groups in total. The van der Waals surface area contributed by atoms with Crippen molar-refractivity contribution >= 4 is 17.4 Å². The lowest BCUT2D eigenvalue weighted by atomic mass is 9.86.